The van der Waals surface area contributed by atoms with Crippen molar-refractivity contribution in [1.82, 2.24) is 14.7 Å². The van der Waals surface area contributed by atoms with E-state index in [9.17, 15) is 5.11 Å². The van der Waals surface area contributed by atoms with Crippen molar-refractivity contribution in [3.8, 4) is 11.8 Å². The van der Waals surface area contributed by atoms with Gasteiger partial charge in [0.2, 0.25) is 0 Å². The van der Waals surface area contributed by atoms with Crippen molar-refractivity contribution in [1.29, 1.82) is 5.26 Å². The van der Waals surface area contributed by atoms with Gasteiger partial charge >= 0.3 is 0 Å². The molecule has 1 fully saturated rings. The third-order valence-electron chi connectivity index (χ3n) is 4.53. The highest BCUT2D eigenvalue weighted by Gasteiger charge is 2.26. The molecule has 0 bridgehead atoms. The van der Waals surface area contributed by atoms with E-state index in [4.69, 9.17) is 10.00 Å². The number of aryl methyl sites for hydroxylation is 1. The molecule has 0 saturated carbocycles. The number of aliphatic hydroxyl groups excluding tert-OH is 1. The molecule has 0 unspecified atom stereocenters. The lowest BCUT2D eigenvalue weighted by Crippen LogP contribution is -2.40. The molecule has 1 N–H and O–H groups in total. The van der Waals surface area contributed by atoms with Crippen LogP contribution in [0.1, 0.15) is 24.0 Å². The number of likely N-dealkylation sites (tertiary alicyclic amines) is 1. The molecule has 2 heterocycles. The Hall–Kier alpha value is -2.36. The zero-order chi connectivity index (χ0) is 17.6. The molecule has 0 spiro atoms. The van der Waals surface area contributed by atoms with Crippen LogP contribution in [-0.4, -0.2) is 51.6 Å². The molecule has 0 amide bonds. The van der Waals surface area contributed by atoms with E-state index < -0.39 is 6.10 Å². The smallest absolute Gasteiger partial charge is 0.119 e. The Morgan fingerprint density at radius 2 is 2.20 bits per heavy atom. The maximum absolute atomic E-state index is 10.3. The van der Waals surface area contributed by atoms with Crippen LogP contribution in [-0.2, 0) is 6.54 Å². The number of β-amino-alcohol motifs (C(OH)–C–C–N with tert-alkyl or cyclic N) is 1. The first-order valence-electron chi connectivity index (χ1n) is 8.68. The zero-order valence-corrected chi connectivity index (χ0v) is 14.5. The molecule has 1 aliphatic heterocycles. The maximum Gasteiger partial charge on any atom is 0.119 e. The summed E-state index contributed by atoms with van der Waals surface area (Å²) >= 11 is 0. The van der Waals surface area contributed by atoms with Gasteiger partial charge in [-0.2, -0.15) is 10.4 Å². The lowest BCUT2D eigenvalue weighted by molar-refractivity contribution is 0.0609. The number of nitriles is 1. The van der Waals surface area contributed by atoms with Gasteiger partial charge in [-0.1, -0.05) is 0 Å². The van der Waals surface area contributed by atoms with Crippen LogP contribution in [0, 0.1) is 18.3 Å². The van der Waals surface area contributed by atoms with Gasteiger partial charge in [-0.15, -0.1) is 0 Å². The minimum absolute atomic E-state index is 0.246. The minimum Gasteiger partial charge on any atom is -0.491 e. The molecular weight excluding hydrogens is 316 g/mol. The minimum atomic E-state index is -0.546. The number of nitrogens with zero attached hydrogens (tertiary/aromatic N) is 4. The fourth-order valence-corrected chi connectivity index (χ4v) is 3.27. The molecule has 2 aromatic rings. The second kappa shape index (κ2) is 8.15. The van der Waals surface area contributed by atoms with Gasteiger partial charge in [-0.25, -0.2) is 0 Å². The first-order chi connectivity index (χ1) is 12.1. The Balaban J connectivity index is 1.47. The quantitative estimate of drug-likeness (QED) is 0.834. The SMILES string of the molecule is Cc1cnn(C[C@H]2CCCN2C[C@H](O)COc2ccc(C#N)cc2)c1. The van der Waals surface area contributed by atoms with Gasteiger partial charge in [0.05, 0.1) is 24.4 Å². The number of hydrogen-bond donors (Lipinski definition) is 1. The molecule has 25 heavy (non-hydrogen) atoms. The van der Waals surface area contributed by atoms with Crippen LogP contribution in [0.15, 0.2) is 36.7 Å². The van der Waals surface area contributed by atoms with Gasteiger partial charge < -0.3 is 9.84 Å². The molecule has 1 aromatic heterocycles. The molecule has 6 nitrogen and oxygen atoms in total. The van der Waals surface area contributed by atoms with Crippen LogP contribution >= 0.6 is 0 Å². The lowest BCUT2D eigenvalue weighted by atomic mass is 10.2. The van der Waals surface area contributed by atoms with Crippen molar-refractivity contribution in [2.24, 2.45) is 0 Å². The molecular formula is C19H24N4O2. The van der Waals surface area contributed by atoms with Gasteiger partial charge in [0.25, 0.3) is 0 Å². The number of benzene rings is 1. The van der Waals surface area contributed by atoms with E-state index in [2.05, 4.69) is 22.3 Å². The molecule has 0 radical (unpaired) electrons. The van der Waals surface area contributed by atoms with E-state index in [1.54, 1.807) is 24.3 Å². The van der Waals surface area contributed by atoms with Gasteiger partial charge in [0, 0.05) is 18.8 Å². The lowest BCUT2D eigenvalue weighted by Gasteiger charge is -2.26. The first-order valence-corrected chi connectivity index (χ1v) is 8.68. The predicted octanol–water partition coefficient (Wildman–Crippen LogP) is 1.97. The summed E-state index contributed by atoms with van der Waals surface area (Å²) in [6.07, 6.45) is 5.66. The van der Waals surface area contributed by atoms with Crippen LogP contribution in [0.5, 0.6) is 5.75 Å². The summed E-state index contributed by atoms with van der Waals surface area (Å²) in [5.74, 6) is 0.669. The van der Waals surface area contributed by atoms with Gasteiger partial charge in [0.1, 0.15) is 18.5 Å². The third kappa shape index (κ3) is 4.81. The molecule has 1 aliphatic rings. The van der Waals surface area contributed by atoms with Crippen LogP contribution in [0.25, 0.3) is 0 Å². The van der Waals surface area contributed by atoms with Gasteiger partial charge in [0.15, 0.2) is 0 Å². The second-order valence-electron chi connectivity index (χ2n) is 6.63. The van der Waals surface area contributed by atoms with E-state index >= 15 is 0 Å². The molecule has 1 saturated heterocycles. The second-order valence-corrected chi connectivity index (χ2v) is 6.63. The standard InChI is InChI=1S/C19H24N4O2/c1-15-10-21-23(11-15)12-17-3-2-8-22(17)13-18(24)14-25-19-6-4-16(9-20)5-7-19/h4-7,10-11,17-18,24H,2-3,8,12-14H2,1H3/t17-,18+/m1/s1. The number of hydrogen-bond acceptors (Lipinski definition) is 5. The summed E-state index contributed by atoms with van der Waals surface area (Å²) < 4.78 is 7.61. The average molecular weight is 340 g/mol. The molecule has 0 aliphatic carbocycles. The number of rotatable bonds is 7. The van der Waals surface area contributed by atoms with Crippen molar-refractivity contribution in [2.45, 2.75) is 38.5 Å². The monoisotopic (exact) mass is 340 g/mol. The first kappa shape index (κ1) is 17.5. The molecule has 2 atom stereocenters. The summed E-state index contributed by atoms with van der Waals surface area (Å²) in [6.45, 7) is 4.74. The predicted molar refractivity (Wildman–Crippen MR) is 94.2 cm³/mol. The summed E-state index contributed by atoms with van der Waals surface area (Å²) in [6, 6.07) is 9.41. The Kier molecular flexibility index (Phi) is 5.69. The Morgan fingerprint density at radius 3 is 2.88 bits per heavy atom. The van der Waals surface area contributed by atoms with Gasteiger partial charge in [-0.3, -0.25) is 9.58 Å². The Morgan fingerprint density at radius 1 is 1.40 bits per heavy atom. The number of aromatic nitrogens is 2. The van der Waals surface area contributed by atoms with Crippen molar-refractivity contribution in [3.05, 3.63) is 47.8 Å². The Labute approximate surface area is 148 Å². The third-order valence-corrected chi connectivity index (χ3v) is 4.53. The molecule has 3 rings (SSSR count). The molecule has 1 aromatic carbocycles. The fourth-order valence-electron chi connectivity index (χ4n) is 3.27. The topological polar surface area (TPSA) is 74.3 Å². The largest absolute Gasteiger partial charge is 0.491 e. The van der Waals surface area contributed by atoms with Crippen molar-refractivity contribution < 1.29 is 9.84 Å². The molecule has 132 valence electrons. The van der Waals surface area contributed by atoms with E-state index in [1.807, 2.05) is 17.8 Å². The average Bonchev–Trinajstić information content (AvgIpc) is 3.23. The zero-order valence-electron chi connectivity index (χ0n) is 14.5. The summed E-state index contributed by atoms with van der Waals surface area (Å²) in [7, 11) is 0. The Bertz CT molecular complexity index is 720. The highest BCUT2D eigenvalue weighted by Crippen LogP contribution is 2.19. The molecule has 6 heteroatoms. The van der Waals surface area contributed by atoms with Crippen molar-refractivity contribution in [3.63, 3.8) is 0 Å². The van der Waals surface area contributed by atoms with E-state index in [-0.39, 0.29) is 6.61 Å². The van der Waals surface area contributed by atoms with Crippen LogP contribution in [0.2, 0.25) is 0 Å². The highest BCUT2D eigenvalue weighted by molar-refractivity contribution is 5.34. The van der Waals surface area contributed by atoms with E-state index in [0.29, 0.717) is 23.9 Å². The summed E-state index contributed by atoms with van der Waals surface area (Å²) in [5, 5.41) is 23.5. The van der Waals surface area contributed by atoms with Crippen molar-refractivity contribution in [2.75, 3.05) is 19.7 Å². The van der Waals surface area contributed by atoms with E-state index in [0.717, 1.165) is 25.9 Å². The van der Waals surface area contributed by atoms with Gasteiger partial charge in [-0.05, 0) is 56.1 Å². The number of aliphatic hydroxyl groups is 1. The van der Waals surface area contributed by atoms with Crippen LogP contribution < -0.4 is 4.74 Å². The fraction of sp³-hybridized carbons (Fsp3) is 0.474. The normalized spacial score (nSPS) is 18.8. The summed E-state index contributed by atoms with van der Waals surface area (Å²) in [5.41, 5.74) is 1.77. The van der Waals surface area contributed by atoms with Crippen molar-refractivity contribution >= 4 is 0 Å². The van der Waals surface area contributed by atoms with E-state index in [1.165, 1.54) is 5.56 Å². The van der Waals surface area contributed by atoms with Crippen LogP contribution in [0.4, 0.5) is 0 Å². The highest BCUT2D eigenvalue weighted by atomic mass is 16.5. The maximum atomic E-state index is 10.3. The summed E-state index contributed by atoms with van der Waals surface area (Å²) in [4.78, 5) is 2.32. The van der Waals surface area contributed by atoms with Crippen LogP contribution in [0.3, 0.4) is 0 Å². The number of ether oxygens (including phenoxy) is 1.